The number of aromatic nitrogens is 1. The first-order chi connectivity index (χ1) is 13.9. The van der Waals surface area contributed by atoms with E-state index in [2.05, 4.69) is 10.3 Å². The number of halogens is 8. The average molecular weight is 469 g/mol. The van der Waals surface area contributed by atoms with Crippen LogP contribution in [-0.2, 0) is 0 Å². The van der Waals surface area contributed by atoms with Crippen LogP contribution in [0.2, 0.25) is 5.15 Å². The number of amides is 1. The molecule has 1 fully saturated rings. The summed E-state index contributed by atoms with van der Waals surface area (Å²) in [4.78, 5) is 16.0. The van der Waals surface area contributed by atoms with Gasteiger partial charge in [0.2, 0.25) is 5.88 Å². The Morgan fingerprint density at radius 1 is 1.17 bits per heavy atom. The fourth-order valence-electron chi connectivity index (χ4n) is 2.67. The van der Waals surface area contributed by atoms with Crippen molar-refractivity contribution in [2.75, 3.05) is 13.2 Å². The van der Waals surface area contributed by atoms with Crippen LogP contribution in [0.4, 0.5) is 30.7 Å². The predicted molar refractivity (Wildman–Crippen MR) is 93.1 cm³/mol. The molecule has 1 aliphatic carbocycles. The van der Waals surface area contributed by atoms with Crippen LogP contribution in [0.15, 0.2) is 12.1 Å². The molecule has 13 heteroatoms. The standard InChI is InChI=1S/C15H16ClF5N2O2.C2H4F2O/c16-11-6-5-10(14(23-11)25-7-12(17)18)13(24)22-9-3-1-8(2-4-9)15(19,20)21;3-2(4)1-5/h5-6,8-9,12H,1-4,7H2,(H,22,24);2,5H,1H2/t8-,9-;. The van der Waals surface area contributed by atoms with Crippen LogP contribution in [0, 0.1) is 5.92 Å². The monoisotopic (exact) mass is 468 g/mol. The molecule has 0 saturated heterocycles. The number of aliphatic hydroxyl groups excluding tert-OH is 1. The van der Waals surface area contributed by atoms with Gasteiger partial charge >= 0.3 is 6.18 Å². The molecule has 0 bridgehead atoms. The Labute approximate surface area is 172 Å². The molecule has 2 N–H and O–H groups in total. The molecule has 1 amide bonds. The average Bonchev–Trinajstić information content (AvgIpc) is 2.66. The molecule has 0 aromatic carbocycles. The van der Waals surface area contributed by atoms with E-state index in [9.17, 15) is 35.5 Å². The molecular weight excluding hydrogens is 449 g/mol. The molecule has 1 heterocycles. The Morgan fingerprint density at radius 2 is 1.73 bits per heavy atom. The molecule has 5 nitrogen and oxygen atoms in total. The van der Waals surface area contributed by atoms with Crippen molar-refractivity contribution in [3.63, 3.8) is 0 Å². The van der Waals surface area contributed by atoms with Crippen LogP contribution in [-0.4, -0.2) is 54.3 Å². The molecule has 0 spiro atoms. The molecule has 2 rings (SSSR count). The fourth-order valence-corrected chi connectivity index (χ4v) is 2.81. The first-order valence-electron chi connectivity index (χ1n) is 8.78. The molecule has 1 aromatic heterocycles. The molecule has 172 valence electrons. The molecule has 0 radical (unpaired) electrons. The molecular formula is C17H20ClF7N2O3. The van der Waals surface area contributed by atoms with E-state index < -0.39 is 50.1 Å². The maximum Gasteiger partial charge on any atom is 0.391 e. The summed E-state index contributed by atoms with van der Waals surface area (Å²) in [6.45, 7) is -1.98. The zero-order chi connectivity index (χ0) is 22.9. The molecule has 0 unspecified atom stereocenters. The maximum absolute atomic E-state index is 12.7. The van der Waals surface area contributed by atoms with Gasteiger partial charge in [-0.2, -0.15) is 13.2 Å². The Balaban J connectivity index is 0.000000804. The lowest BCUT2D eigenvalue weighted by molar-refractivity contribution is -0.182. The van der Waals surface area contributed by atoms with E-state index in [0.717, 1.165) is 0 Å². The van der Waals surface area contributed by atoms with Gasteiger partial charge in [-0.25, -0.2) is 22.5 Å². The van der Waals surface area contributed by atoms with Crippen molar-refractivity contribution < 1.29 is 45.4 Å². The lowest BCUT2D eigenvalue weighted by Gasteiger charge is -2.30. The van der Waals surface area contributed by atoms with Gasteiger partial charge in [0.15, 0.2) is 6.61 Å². The topological polar surface area (TPSA) is 71.5 Å². The highest BCUT2D eigenvalue weighted by Crippen LogP contribution is 2.37. The van der Waals surface area contributed by atoms with Crippen molar-refractivity contribution >= 4 is 17.5 Å². The van der Waals surface area contributed by atoms with Gasteiger partial charge in [-0.05, 0) is 37.8 Å². The summed E-state index contributed by atoms with van der Waals surface area (Å²) in [5, 5.41) is 9.96. The first kappa shape index (κ1) is 26.2. The SMILES string of the molecule is O=C(N[C@H]1CC[C@H](C(F)(F)F)CC1)c1ccc(Cl)nc1OCC(F)F.OCC(F)F. The second-order valence-corrected chi connectivity index (χ2v) is 6.71. The summed E-state index contributed by atoms with van der Waals surface area (Å²) in [6.07, 6.45) is -9.31. The number of rotatable bonds is 6. The molecule has 30 heavy (non-hydrogen) atoms. The number of carbonyl (C=O) groups excluding carboxylic acids is 1. The molecule has 1 aromatic rings. The van der Waals surface area contributed by atoms with Gasteiger partial charge in [0.05, 0.1) is 5.92 Å². The van der Waals surface area contributed by atoms with Gasteiger partial charge in [0, 0.05) is 6.04 Å². The Hall–Kier alpha value is -1.82. The van der Waals surface area contributed by atoms with Crippen molar-refractivity contribution in [2.45, 2.75) is 50.8 Å². The second-order valence-electron chi connectivity index (χ2n) is 6.33. The van der Waals surface area contributed by atoms with E-state index >= 15 is 0 Å². The minimum Gasteiger partial charge on any atom is -0.471 e. The normalized spacial score (nSPS) is 19.3. The largest absolute Gasteiger partial charge is 0.471 e. The summed E-state index contributed by atoms with van der Waals surface area (Å²) < 4.78 is 88.3. The van der Waals surface area contributed by atoms with Gasteiger partial charge in [-0.1, -0.05) is 11.6 Å². The summed E-state index contributed by atoms with van der Waals surface area (Å²) in [6, 6.07) is 2.14. The van der Waals surface area contributed by atoms with Gasteiger partial charge in [-0.3, -0.25) is 4.79 Å². The number of ether oxygens (including phenoxy) is 1. The third kappa shape index (κ3) is 9.33. The van der Waals surface area contributed by atoms with Crippen LogP contribution < -0.4 is 10.1 Å². The molecule has 1 saturated carbocycles. The zero-order valence-electron chi connectivity index (χ0n) is 15.4. The van der Waals surface area contributed by atoms with E-state index in [0.29, 0.717) is 0 Å². The Bertz CT molecular complexity index is 669. The lowest BCUT2D eigenvalue weighted by Crippen LogP contribution is -2.40. The highest BCUT2D eigenvalue weighted by atomic mass is 35.5. The van der Waals surface area contributed by atoms with E-state index in [1.807, 2.05) is 0 Å². The van der Waals surface area contributed by atoms with Crippen LogP contribution in [0.25, 0.3) is 0 Å². The number of hydrogen-bond donors (Lipinski definition) is 2. The van der Waals surface area contributed by atoms with E-state index in [1.54, 1.807) is 0 Å². The maximum atomic E-state index is 12.7. The number of nitrogens with one attached hydrogen (secondary N) is 1. The molecule has 0 aliphatic heterocycles. The van der Waals surface area contributed by atoms with Crippen molar-refractivity contribution in [1.29, 1.82) is 0 Å². The Kier molecular flexibility index (Phi) is 10.6. The van der Waals surface area contributed by atoms with Gasteiger partial charge < -0.3 is 15.2 Å². The van der Waals surface area contributed by atoms with Crippen molar-refractivity contribution in [3.8, 4) is 5.88 Å². The summed E-state index contributed by atoms with van der Waals surface area (Å²) in [5.41, 5.74) is -0.0944. The summed E-state index contributed by atoms with van der Waals surface area (Å²) >= 11 is 5.67. The highest BCUT2D eigenvalue weighted by Gasteiger charge is 2.41. The number of hydrogen-bond acceptors (Lipinski definition) is 4. The second kappa shape index (κ2) is 12.1. The minimum absolute atomic E-state index is 0.0356. The van der Waals surface area contributed by atoms with E-state index in [1.165, 1.54) is 12.1 Å². The quantitative estimate of drug-likeness (QED) is 0.477. The third-order valence-electron chi connectivity index (χ3n) is 4.08. The van der Waals surface area contributed by atoms with Crippen LogP contribution in [0.5, 0.6) is 5.88 Å². The number of pyridine rings is 1. The van der Waals surface area contributed by atoms with Crippen LogP contribution >= 0.6 is 11.6 Å². The highest BCUT2D eigenvalue weighted by molar-refractivity contribution is 6.29. The van der Waals surface area contributed by atoms with E-state index in [4.69, 9.17) is 21.4 Å². The van der Waals surface area contributed by atoms with Gasteiger partial charge in [0.25, 0.3) is 18.8 Å². The number of aliphatic hydroxyl groups is 1. The smallest absolute Gasteiger partial charge is 0.391 e. The van der Waals surface area contributed by atoms with Crippen molar-refractivity contribution in [1.82, 2.24) is 10.3 Å². The Morgan fingerprint density at radius 3 is 2.20 bits per heavy atom. The van der Waals surface area contributed by atoms with Gasteiger partial charge in [0.1, 0.15) is 17.3 Å². The minimum atomic E-state index is -4.23. The molecule has 0 atom stereocenters. The first-order valence-corrected chi connectivity index (χ1v) is 9.15. The predicted octanol–water partition coefficient (Wildman–Crippen LogP) is 4.47. The van der Waals surface area contributed by atoms with Crippen molar-refractivity contribution in [2.24, 2.45) is 5.92 Å². The van der Waals surface area contributed by atoms with Gasteiger partial charge in [-0.15, -0.1) is 0 Å². The number of nitrogens with zero attached hydrogens (tertiary/aromatic N) is 1. The van der Waals surface area contributed by atoms with E-state index in [-0.39, 0.29) is 42.3 Å². The fraction of sp³-hybridized carbons (Fsp3) is 0.647. The lowest BCUT2D eigenvalue weighted by atomic mass is 9.85. The zero-order valence-corrected chi connectivity index (χ0v) is 16.2. The molecule has 1 aliphatic rings. The summed E-state index contributed by atoms with van der Waals surface area (Å²) in [5.74, 6) is -2.35. The third-order valence-corrected chi connectivity index (χ3v) is 4.29. The number of alkyl halides is 7. The van der Waals surface area contributed by atoms with Crippen LogP contribution in [0.1, 0.15) is 36.0 Å². The van der Waals surface area contributed by atoms with Crippen molar-refractivity contribution in [3.05, 3.63) is 22.8 Å². The summed E-state index contributed by atoms with van der Waals surface area (Å²) in [7, 11) is 0. The van der Waals surface area contributed by atoms with Crippen LogP contribution in [0.3, 0.4) is 0 Å². The number of carbonyl (C=O) groups is 1.